The van der Waals surface area contributed by atoms with Gasteiger partial charge in [-0.15, -0.1) is 0 Å². The van der Waals surface area contributed by atoms with Crippen molar-refractivity contribution in [3.63, 3.8) is 0 Å². The third kappa shape index (κ3) is 4.33. The van der Waals surface area contributed by atoms with E-state index < -0.39 is 38.4 Å². The summed E-state index contributed by atoms with van der Waals surface area (Å²) >= 11 is 0. The molecule has 0 saturated heterocycles. The summed E-state index contributed by atoms with van der Waals surface area (Å²) in [4.78, 5) is -1.28. The van der Waals surface area contributed by atoms with Crippen LogP contribution in [0.2, 0.25) is 0 Å². The molecule has 21 heavy (non-hydrogen) atoms. The van der Waals surface area contributed by atoms with Crippen molar-refractivity contribution in [1.29, 1.82) is 0 Å². The van der Waals surface area contributed by atoms with Gasteiger partial charge in [0.1, 0.15) is 23.3 Å². The number of benzene rings is 1. The van der Waals surface area contributed by atoms with Crippen LogP contribution < -0.4 is 10.5 Å². The van der Waals surface area contributed by atoms with Gasteiger partial charge in [0.15, 0.2) is 4.90 Å². The molecule has 1 aromatic rings. The minimum Gasteiger partial charge on any atom is -0.409 e. The van der Waals surface area contributed by atoms with E-state index in [-0.39, 0.29) is 30.8 Å². The Morgan fingerprint density at radius 2 is 1.90 bits per heavy atom. The first kappa shape index (κ1) is 17.2. The molecule has 1 aromatic carbocycles. The lowest BCUT2D eigenvalue weighted by molar-refractivity contribution is 0.316. The van der Waals surface area contributed by atoms with Crippen molar-refractivity contribution in [1.82, 2.24) is 4.72 Å². The van der Waals surface area contributed by atoms with E-state index in [1.54, 1.807) is 6.92 Å². The van der Waals surface area contributed by atoms with Gasteiger partial charge in [0, 0.05) is 24.6 Å². The minimum atomic E-state index is -4.56. The quantitative estimate of drug-likeness (QED) is 0.317. The third-order valence-corrected chi connectivity index (χ3v) is 4.20. The fraction of sp³-hybridized carbons (Fsp3) is 0.364. The van der Waals surface area contributed by atoms with Crippen LogP contribution in [0.25, 0.3) is 0 Å². The minimum absolute atomic E-state index is 0.156. The molecule has 0 aromatic heterocycles. The number of nitrogens with zero attached hydrogens (tertiary/aromatic N) is 1. The van der Waals surface area contributed by atoms with E-state index in [1.807, 2.05) is 4.72 Å². The Bertz CT molecular complexity index is 626. The van der Waals surface area contributed by atoms with Crippen LogP contribution >= 0.6 is 0 Å². The van der Waals surface area contributed by atoms with Crippen LogP contribution in [0.15, 0.2) is 22.2 Å². The SMILES string of the molecule is CCC(CC(N)=NO)NS(=O)(=O)c1c(F)cc(F)cc1F. The molecule has 0 aliphatic carbocycles. The molecule has 0 aliphatic rings. The highest BCUT2D eigenvalue weighted by molar-refractivity contribution is 7.89. The van der Waals surface area contributed by atoms with Crippen molar-refractivity contribution < 1.29 is 26.8 Å². The molecule has 4 N–H and O–H groups in total. The Balaban J connectivity index is 3.12. The van der Waals surface area contributed by atoms with E-state index in [1.165, 1.54) is 0 Å². The third-order valence-electron chi connectivity index (χ3n) is 2.63. The van der Waals surface area contributed by atoms with Gasteiger partial charge < -0.3 is 10.9 Å². The van der Waals surface area contributed by atoms with Crippen molar-refractivity contribution >= 4 is 15.9 Å². The summed E-state index contributed by atoms with van der Waals surface area (Å²) in [5.41, 5.74) is 5.25. The van der Waals surface area contributed by atoms with Crippen molar-refractivity contribution in [2.45, 2.75) is 30.7 Å². The van der Waals surface area contributed by atoms with E-state index >= 15 is 0 Å². The Morgan fingerprint density at radius 1 is 1.38 bits per heavy atom. The van der Waals surface area contributed by atoms with Gasteiger partial charge >= 0.3 is 0 Å². The fourth-order valence-corrected chi connectivity index (χ4v) is 3.06. The maximum Gasteiger partial charge on any atom is 0.246 e. The zero-order chi connectivity index (χ0) is 16.2. The molecule has 1 atom stereocenters. The van der Waals surface area contributed by atoms with Gasteiger partial charge in [0.25, 0.3) is 0 Å². The molecular formula is C11H14F3N3O3S. The van der Waals surface area contributed by atoms with Crippen LogP contribution in [-0.2, 0) is 10.0 Å². The highest BCUT2D eigenvalue weighted by atomic mass is 32.2. The number of nitrogens with two attached hydrogens (primary N) is 1. The van der Waals surface area contributed by atoms with Gasteiger partial charge in [-0.05, 0) is 6.42 Å². The maximum absolute atomic E-state index is 13.5. The predicted molar refractivity (Wildman–Crippen MR) is 68.7 cm³/mol. The highest BCUT2D eigenvalue weighted by Gasteiger charge is 2.27. The normalized spacial score (nSPS) is 14.2. The molecule has 10 heteroatoms. The lowest BCUT2D eigenvalue weighted by Crippen LogP contribution is -2.38. The standard InChI is InChI=1S/C11H14F3N3O3S/c1-2-7(5-10(15)16-18)17-21(19,20)11-8(13)3-6(12)4-9(11)14/h3-4,7,17-18H,2,5H2,1H3,(H2,15,16). The van der Waals surface area contributed by atoms with Crippen LogP contribution in [0.3, 0.4) is 0 Å². The Labute approximate surface area is 119 Å². The van der Waals surface area contributed by atoms with Gasteiger partial charge in [0.05, 0.1) is 0 Å². The van der Waals surface area contributed by atoms with Crippen molar-refractivity contribution in [3.05, 3.63) is 29.6 Å². The average molecular weight is 325 g/mol. The fourth-order valence-electron chi connectivity index (χ4n) is 1.63. The van der Waals surface area contributed by atoms with Crippen LogP contribution in [0.1, 0.15) is 19.8 Å². The van der Waals surface area contributed by atoms with Gasteiger partial charge in [-0.2, -0.15) is 0 Å². The number of halogens is 3. The Hall–Kier alpha value is -1.81. The summed E-state index contributed by atoms with van der Waals surface area (Å²) in [5, 5.41) is 11.1. The van der Waals surface area contributed by atoms with E-state index in [0.29, 0.717) is 0 Å². The summed E-state index contributed by atoms with van der Waals surface area (Å²) in [7, 11) is -4.56. The molecule has 6 nitrogen and oxygen atoms in total. The first-order valence-electron chi connectivity index (χ1n) is 5.84. The van der Waals surface area contributed by atoms with Gasteiger partial charge in [-0.25, -0.2) is 26.3 Å². The summed E-state index contributed by atoms with van der Waals surface area (Å²) < 4.78 is 65.8. The number of hydrogen-bond donors (Lipinski definition) is 3. The number of sulfonamides is 1. The summed E-state index contributed by atoms with van der Waals surface area (Å²) in [5.74, 6) is -4.56. The second-order valence-electron chi connectivity index (χ2n) is 4.22. The molecule has 0 saturated carbocycles. The van der Waals surface area contributed by atoms with Crippen LogP contribution in [0.4, 0.5) is 13.2 Å². The number of oxime groups is 1. The molecule has 0 aliphatic heterocycles. The number of amidine groups is 1. The molecule has 0 radical (unpaired) electrons. The summed E-state index contributed by atoms with van der Waals surface area (Å²) in [6.07, 6.45) is 0.0660. The number of nitrogens with one attached hydrogen (secondary N) is 1. The first-order chi connectivity index (χ1) is 9.71. The maximum atomic E-state index is 13.5. The van der Waals surface area contributed by atoms with E-state index in [0.717, 1.165) is 0 Å². The molecule has 0 fully saturated rings. The smallest absolute Gasteiger partial charge is 0.246 e. The Kier molecular flexibility index (Phi) is 5.55. The molecule has 0 amide bonds. The zero-order valence-electron chi connectivity index (χ0n) is 11.0. The predicted octanol–water partition coefficient (Wildman–Crippen LogP) is 1.30. The molecule has 118 valence electrons. The van der Waals surface area contributed by atoms with Gasteiger partial charge in [-0.3, -0.25) is 0 Å². The van der Waals surface area contributed by atoms with Crippen molar-refractivity contribution in [3.8, 4) is 0 Å². The van der Waals surface area contributed by atoms with E-state index in [2.05, 4.69) is 5.16 Å². The number of rotatable bonds is 6. The number of hydrogen-bond acceptors (Lipinski definition) is 4. The van der Waals surface area contributed by atoms with Gasteiger partial charge in [-0.1, -0.05) is 12.1 Å². The molecular weight excluding hydrogens is 311 g/mol. The second-order valence-corrected chi connectivity index (χ2v) is 5.87. The monoisotopic (exact) mass is 325 g/mol. The second kappa shape index (κ2) is 6.76. The highest BCUT2D eigenvalue weighted by Crippen LogP contribution is 2.20. The lowest BCUT2D eigenvalue weighted by atomic mass is 10.1. The van der Waals surface area contributed by atoms with Crippen molar-refractivity contribution in [2.75, 3.05) is 0 Å². The van der Waals surface area contributed by atoms with E-state index in [4.69, 9.17) is 10.9 Å². The topological polar surface area (TPSA) is 105 Å². The largest absolute Gasteiger partial charge is 0.409 e. The van der Waals surface area contributed by atoms with E-state index in [9.17, 15) is 21.6 Å². The average Bonchev–Trinajstić information content (AvgIpc) is 2.35. The zero-order valence-corrected chi connectivity index (χ0v) is 11.8. The molecule has 0 bridgehead atoms. The summed E-state index contributed by atoms with van der Waals surface area (Å²) in [6, 6.07) is -0.306. The van der Waals surface area contributed by atoms with Crippen LogP contribution in [0, 0.1) is 17.5 Å². The summed E-state index contributed by atoms with van der Waals surface area (Å²) in [6.45, 7) is 1.59. The molecule has 0 spiro atoms. The van der Waals surface area contributed by atoms with Crippen molar-refractivity contribution in [2.24, 2.45) is 10.9 Å². The molecule has 1 unspecified atom stereocenters. The lowest BCUT2D eigenvalue weighted by Gasteiger charge is -2.17. The van der Waals surface area contributed by atoms with Crippen LogP contribution in [0.5, 0.6) is 0 Å². The Morgan fingerprint density at radius 3 is 2.33 bits per heavy atom. The van der Waals surface area contributed by atoms with Gasteiger partial charge in [0.2, 0.25) is 10.0 Å². The van der Waals surface area contributed by atoms with Crippen LogP contribution in [-0.4, -0.2) is 25.5 Å². The first-order valence-corrected chi connectivity index (χ1v) is 7.32. The molecule has 1 rings (SSSR count). The molecule has 0 heterocycles.